The molecule has 7 N–H and O–H groups in total. The fourth-order valence-corrected chi connectivity index (χ4v) is 4.07. The molecule has 0 aliphatic carbocycles. The molecule has 0 amide bonds. The molecule has 0 bridgehead atoms. The van der Waals surface area contributed by atoms with E-state index in [0.717, 1.165) is 33.4 Å². The molecular formula is C24H20N12. The van der Waals surface area contributed by atoms with Crippen LogP contribution in [-0.2, 0) is 0 Å². The van der Waals surface area contributed by atoms with E-state index in [1.807, 2.05) is 72.8 Å². The van der Waals surface area contributed by atoms with E-state index in [1.165, 1.54) is 0 Å². The molecule has 1 aliphatic rings. The largest absolute Gasteiger partial charge is 0.347 e. The van der Waals surface area contributed by atoms with E-state index in [4.69, 9.17) is 0 Å². The Morgan fingerprint density at radius 2 is 1.00 bits per heavy atom. The number of nitrogens with zero attached hydrogens (tertiary/aromatic N) is 5. The number of rotatable bonds is 6. The molecule has 0 saturated carbocycles. The summed E-state index contributed by atoms with van der Waals surface area (Å²) in [7, 11) is 0. The minimum Gasteiger partial charge on any atom is -0.347 e. The lowest BCUT2D eigenvalue weighted by Crippen LogP contribution is -2.32. The van der Waals surface area contributed by atoms with Crippen molar-refractivity contribution in [3.8, 4) is 0 Å². The Hall–Kier alpha value is -5.39. The number of nitrogens with one attached hydrogen (secondary N) is 7. The molecule has 0 fully saturated rings. The molecule has 0 unspecified atom stereocenters. The number of aromatic nitrogens is 7. The molecule has 3 aromatic heterocycles. The Balaban J connectivity index is 1.20. The second kappa shape index (κ2) is 8.13. The molecule has 0 atom stereocenters. The minimum atomic E-state index is -0.303. The highest BCUT2D eigenvalue weighted by molar-refractivity contribution is 5.79. The molecule has 0 spiro atoms. The second-order valence-corrected chi connectivity index (χ2v) is 8.17. The van der Waals surface area contributed by atoms with Crippen molar-refractivity contribution >= 4 is 63.2 Å². The van der Waals surface area contributed by atoms with E-state index in [9.17, 15) is 0 Å². The van der Waals surface area contributed by atoms with Crippen LogP contribution in [0.1, 0.15) is 0 Å². The number of benzene rings is 3. The van der Waals surface area contributed by atoms with Crippen LogP contribution >= 0.6 is 0 Å². The van der Waals surface area contributed by atoms with E-state index >= 15 is 0 Å². The van der Waals surface area contributed by atoms with Crippen molar-refractivity contribution in [3.63, 3.8) is 0 Å². The standard InChI is InChI=1S/C24H20N12/c1-2-8-14-13(7-1)25-19(26-14)31-22-34-23(32-20-27-15-9-3-4-10-16(15)28-20)36-24(35-22)33-21-29-17-11-5-6-12-18(17)30-21/h1-12,19,25-26H,(H5,27,28,29,30,31,32,33,34,35,36). The quantitative estimate of drug-likeness (QED) is 0.184. The van der Waals surface area contributed by atoms with Gasteiger partial charge in [-0.05, 0) is 36.4 Å². The Kier molecular flexibility index (Phi) is 4.52. The monoisotopic (exact) mass is 476 g/mol. The normalized spacial score (nSPS) is 12.8. The van der Waals surface area contributed by atoms with Crippen LogP contribution < -0.4 is 26.6 Å². The number of fused-ring (bicyclic) bond motifs is 3. The van der Waals surface area contributed by atoms with E-state index in [1.54, 1.807) is 0 Å². The van der Waals surface area contributed by atoms with Gasteiger partial charge in [0.1, 0.15) is 0 Å². The molecule has 4 heterocycles. The van der Waals surface area contributed by atoms with E-state index in [2.05, 4.69) is 61.5 Å². The highest BCUT2D eigenvalue weighted by Crippen LogP contribution is 2.28. The molecule has 1 aliphatic heterocycles. The minimum absolute atomic E-state index is 0.303. The number of hydrogen-bond donors (Lipinski definition) is 7. The van der Waals surface area contributed by atoms with Gasteiger partial charge in [-0.25, -0.2) is 9.97 Å². The first-order valence-electron chi connectivity index (χ1n) is 11.3. The third-order valence-corrected chi connectivity index (χ3v) is 5.67. The predicted octanol–water partition coefficient (Wildman–Crippen LogP) is 4.34. The van der Waals surface area contributed by atoms with Gasteiger partial charge in [0.05, 0.1) is 33.4 Å². The topological polar surface area (TPSA) is 156 Å². The number of imidazole rings is 2. The van der Waals surface area contributed by atoms with Gasteiger partial charge in [-0.2, -0.15) is 15.0 Å². The van der Waals surface area contributed by atoms with Gasteiger partial charge in [0, 0.05) is 0 Å². The number of anilines is 7. The lowest BCUT2D eigenvalue weighted by Gasteiger charge is -2.15. The lowest BCUT2D eigenvalue weighted by molar-refractivity contribution is 0.923. The third-order valence-electron chi connectivity index (χ3n) is 5.67. The Morgan fingerprint density at radius 3 is 1.53 bits per heavy atom. The van der Waals surface area contributed by atoms with E-state index in [0.29, 0.717) is 29.7 Å². The molecule has 176 valence electrons. The van der Waals surface area contributed by atoms with Gasteiger partial charge in [0.15, 0.2) is 6.29 Å². The summed E-state index contributed by atoms with van der Waals surface area (Å²) >= 11 is 0. The summed E-state index contributed by atoms with van der Waals surface area (Å²) in [5.41, 5.74) is 5.47. The van der Waals surface area contributed by atoms with Crippen molar-refractivity contribution in [3.05, 3.63) is 72.8 Å². The number of para-hydroxylation sites is 6. The van der Waals surface area contributed by atoms with Crippen LogP contribution in [0.25, 0.3) is 22.1 Å². The first-order chi connectivity index (χ1) is 17.7. The van der Waals surface area contributed by atoms with Crippen molar-refractivity contribution in [1.82, 2.24) is 34.9 Å². The molecular weight excluding hydrogens is 456 g/mol. The SMILES string of the molecule is c1ccc2c(c1)NC(Nc1nc(Nc3nc4ccccc4[nH]3)nc(Nc3nc4ccccc4[nH]3)n1)N2. The van der Waals surface area contributed by atoms with Crippen LogP contribution in [-0.4, -0.2) is 41.2 Å². The summed E-state index contributed by atoms with van der Waals surface area (Å²) in [5.74, 6) is 2.00. The highest BCUT2D eigenvalue weighted by atomic mass is 15.4. The van der Waals surface area contributed by atoms with Gasteiger partial charge in [-0.1, -0.05) is 36.4 Å². The predicted molar refractivity (Wildman–Crippen MR) is 140 cm³/mol. The Labute approximate surface area is 204 Å². The molecule has 7 rings (SSSR count). The average Bonchev–Trinajstić information content (AvgIpc) is 3.58. The third kappa shape index (κ3) is 3.81. The van der Waals surface area contributed by atoms with E-state index < -0.39 is 0 Å². The van der Waals surface area contributed by atoms with Gasteiger partial charge in [-0.15, -0.1) is 0 Å². The van der Waals surface area contributed by atoms with Crippen LogP contribution in [0.2, 0.25) is 0 Å². The van der Waals surface area contributed by atoms with Crippen molar-refractivity contribution < 1.29 is 0 Å². The first-order valence-corrected chi connectivity index (χ1v) is 11.3. The lowest BCUT2D eigenvalue weighted by atomic mass is 10.3. The number of H-pyrrole nitrogens is 2. The van der Waals surface area contributed by atoms with Crippen LogP contribution in [0.15, 0.2) is 72.8 Å². The van der Waals surface area contributed by atoms with Crippen LogP contribution in [0.3, 0.4) is 0 Å². The number of aromatic amines is 2. The van der Waals surface area contributed by atoms with Gasteiger partial charge in [0.2, 0.25) is 29.7 Å². The summed E-state index contributed by atoms with van der Waals surface area (Å²) in [6.07, 6.45) is -0.303. The van der Waals surface area contributed by atoms with Crippen molar-refractivity contribution in [2.24, 2.45) is 0 Å². The van der Waals surface area contributed by atoms with Gasteiger partial charge >= 0.3 is 0 Å². The summed E-state index contributed by atoms with van der Waals surface area (Å²) in [6.45, 7) is 0. The highest BCUT2D eigenvalue weighted by Gasteiger charge is 2.20. The molecule has 12 heteroatoms. The van der Waals surface area contributed by atoms with Gasteiger partial charge < -0.3 is 25.9 Å². The zero-order valence-corrected chi connectivity index (χ0v) is 18.7. The molecule has 6 aromatic rings. The maximum atomic E-state index is 4.56. The summed E-state index contributed by atoms with van der Waals surface area (Å²) in [5, 5.41) is 16.3. The number of hydrogen-bond acceptors (Lipinski definition) is 10. The summed E-state index contributed by atoms with van der Waals surface area (Å²) < 4.78 is 0. The fraction of sp³-hybridized carbons (Fsp3) is 0.0417. The summed E-state index contributed by atoms with van der Waals surface area (Å²) in [4.78, 5) is 29.2. The molecule has 0 saturated heterocycles. The summed E-state index contributed by atoms with van der Waals surface area (Å²) in [6, 6.07) is 23.5. The van der Waals surface area contributed by atoms with E-state index in [-0.39, 0.29) is 6.29 Å². The van der Waals surface area contributed by atoms with Crippen molar-refractivity contribution in [2.45, 2.75) is 6.29 Å². The van der Waals surface area contributed by atoms with Crippen LogP contribution in [0.4, 0.5) is 41.1 Å². The Bertz CT molecular complexity index is 1520. The average molecular weight is 477 g/mol. The van der Waals surface area contributed by atoms with Crippen LogP contribution in [0.5, 0.6) is 0 Å². The van der Waals surface area contributed by atoms with Gasteiger partial charge in [-0.3, -0.25) is 10.6 Å². The van der Waals surface area contributed by atoms with Crippen molar-refractivity contribution in [2.75, 3.05) is 26.6 Å². The Morgan fingerprint density at radius 1 is 0.528 bits per heavy atom. The first kappa shape index (κ1) is 20.0. The van der Waals surface area contributed by atoms with Gasteiger partial charge in [0.25, 0.3) is 0 Å². The van der Waals surface area contributed by atoms with Crippen LogP contribution in [0, 0.1) is 0 Å². The maximum absolute atomic E-state index is 4.56. The molecule has 12 nitrogen and oxygen atoms in total. The smallest absolute Gasteiger partial charge is 0.236 e. The zero-order chi connectivity index (χ0) is 23.9. The van der Waals surface area contributed by atoms with Crippen molar-refractivity contribution in [1.29, 1.82) is 0 Å². The second-order valence-electron chi connectivity index (χ2n) is 8.17. The maximum Gasteiger partial charge on any atom is 0.236 e. The zero-order valence-electron chi connectivity index (χ0n) is 18.7. The molecule has 36 heavy (non-hydrogen) atoms. The molecule has 0 radical (unpaired) electrons. The molecule has 3 aromatic carbocycles. The fourth-order valence-electron chi connectivity index (χ4n) is 4.07.